The van der Waals surface area contributed by atoms with Crippen LogP contribution in [0.3, 0.4) is 0 Å². The highest BCUT2D eigenvalue weighted by atomic mass is 33.1. The fourth-order valence-corrected chi connectivity index (χ4v) is 5.92. The Hall–Kier alpha value is 0.0500. The second kappa shape index (κ2) is 12.4. The van der Waals surface area contributed by atoms with Crippen molar-refractivity contribution in [2.75, 3.05) is 58.1 Å². The van der Waals surface area contributed by atoms with Gasteiger partial charge < -0.3 is 20.9 Å². The molecule has 0 aromatic rings. The van der Waals surface area contributed by atoms with Crippen molar-refractivity contribution in [2.45, 2.75) is 37.4 Å². The molecule has 2 fully saturated rings. The minimum absolute atomic E-state index is 0.331. The normalized spacial score (nSPS) is 24.9. The molecule has 0 aliphatic carbocycles. The van der Waals surface area contributed by atoms with Crippen LogP contribution >= 0.6 is 21.6 Å². The minimum atomic E-state index is 0.331. The zero-order valence-corrected chi connectivity index (χ0v) is 15.8. The molecule has 134 valence electrons. The summed E-state index contributed by atoms with van der Waals surface area (Å²) in [5.41, 5.74) is 0. The molecule has 0 radical (unpaired) electrons. The van der Waals surface area contributed by atoms with E-state index in [4.69, 9.17) is 0 Å². The van der Waals surface area contributed by atoms with E-state index in [1.165, 1.54) is 25.0 Å². The van der Waals surface area contributed by atoms with Crippen LogP contribution in [0.4, 0.5) is 0 Å². The highest BCUT2D eigenvalue weighted by Crippen LogP contribution is 2.39. The van der Waals surface area contributed by atoms with Crippen LogP contribution in [0, 0.1) is 0 Å². The number of hydrogen-bond donors (Lipinski definition) is 3. The second-order valence-corrected chi connectivity index (χ2v) is 8.99. The standard InChI is InChI=1S/C16H32N4OS2/c21-16(4-2-1-3-15-5-14-22-23-15)20-12-10-18-8-6-17-7-9-19-11-13-20/h15,17-19H,1-14H2. The number of hydrogen-bond acceptors (Lipinski definition) is 6. The van der Waals surface area contributed by atoms with Crippen molar-refractivity contribution in [2.24, 2.45) is 0 Å². The predicted octanol–water partition coefficient (Wildman–Crippen LogP) is 1.31. The molecule has 3 N–H and O–H groups in total. The first kappa shape index (κ1) is 19.4. The Bertz CT molecular complexity index is 315. The second-order valence-electron chi connectivity index (χ2n) is 6.21. The summed E-state index contributed by atoms with van der Waals surface area (Å²) >= 11 is 0. The average molecular weight is 361 g/mol. The lowest BCUT2D eigenvalue weighted by atomic mass is 10.1. The number of amides is 1. The van der Waals surface area contributed by atoms with Crippen molar-refractivity contribution in [1.82, 2.24) is 20.9 Å². The summed E-state index contributed by atoms with van der Waals surface area (Å²) in [7, 11) is 4.05. The molecule has 2 saturated heterocycles. The van der Waals surface area contributed by atoms with Crippen LogP contribution < -0.4 is 16.0 Å². The number of nitrogens with one attached hydrogen (secondary N) is 3. The van der Waals surface area contributed by atoms with Gasteiger partial charge in [0.2, 0.25) is 5.91 Å². The van der Waals surface area contributed by atoms with Gasteiger partial charge in [0.1, 0.15) is 0 Å². The number of carbonyl (C=O) groups excluding carboxylic acids is 1. The smallest absolute Gasteiger partial charge is 0.222 e. The van der Waals surface area contributed by atoms with Crippen molar-refractivity contribution < 1.29 is 4.79 Å². The van der Waals surface area contributed by atoms with E-state index in [0.717, 1.165) is 64.0 Å². The maximum absolute atomic E-state index is 12.5. The van der Waals surface area contributed by atoms with Crippen LogP contribution in [0.1, 0.15) is 32.1 Å². The van der Waals surface area contributed by atoms with Crippen LogP contribution in [0.2, 0.25) is 0 Å². The maximum Gasteiger partial charge on any atom is 0.222 e. The number of rotatable bonds is 5. The first-order valence-electron chi connectivity index (χ1n) is 9.04. The molecule has 0 bridgehead atoms. The van der Waals surface area contributed by atoms with Gasteiger partial charge in [0, 0.05) is 69.8 Å². The van der Waals surface area contributed by atoms with E-state index in [0.29, 0.717) is 12.3 Å². The first-order chi connectivity index (χ1) is 11.4. The lowest BCUT2D eigenvalue weighted by molar-refractivity contribution is -0.131. The summed E-state index contributed by atoms with van der Waals surface area (Å²) in [6.07, 6.45) is 5.58. The van der Waals surface area contributed by atoms with Gasteiger partial charge in [0.25, 0.3) is 0 Å². The number of unbranched alkanes of at least 4 members (excludes halogenated alkanes) is 1. The third-order valence-electron chi connectivity index (χ3n) is 4.32. The third-order valence-corrected chi connectivity index (χ3v) is 7.33. The summed E-state index contributed by atoms with van der Waals surface area (Å²) < 4.78 is 0. The summed E-state index contributed by atoms with van der Waals surface area (Å²) in [6.45, 7) is 7.37. The van der Waals surface area contributed by atoms with Crippen LogP contribution in [0.15, 0.2) is 0 Å². The van der Waals surface area contributed by atoms with E-state index in [-0.39, 0.29) is 0 Å². The van der Waals surface area contributed by atoms with Gasteiger partial charge in [-0.3, -0.25) is 4.79 Å². The molecule has 2 aliphatic heterocycles. The van der Waals surface area contributed by atoms with Gasteiger partial charge >= 0.3 is 0 Å². The molecular weight excluding hydrogens is 328 g/mol. The summed E-state index contributed by atoms with van der Waals surface area (Å²) in [4.78, 5) is 14.5. The molecule has 0 aromatic heterocycles. The Balaban J connectivity index is 1.62. The SMILES string of the molecule is O=C(CCCCC1CCSS1)N1CCNCCNCCNCC1. The first-order valence-corrected chi connectivity index (χ1v) is 11.4. The Kier molecular flexibility index (Phi) is 10.5. The van der Waals surface area contributed by atoms with Crippen LogP contribution in [0.5, 0.6) is 0 Å². The Morgan fingerprint density at radius 3 is 2.22 bits per heavy atom. The van der Waals surface area contributed by atoms with Crippen molar-refractivity contribution in [3.05, 3.63) is 0 Å². The van der Waals surface area contributed by atoms with E-state index in [1.807, 2.05) is 26.5 Å². The van der Waals surface area contributed by atoms with Gasteiger partial charge in [0.15, 0.2) is 0 Å². The van der Waals surface area contributed by atoms with E-state index >= 15 is 0 Å². The third kappa shape index (κ3) is 8.63. The largest absolute Gasteiger partial charge is 0.340 e. The van der Waals surface area contributed by atoms with Gasteiger partial charge in [-0.1, -0.05) is 28.0 Å². The number of carbonyl (C=O) groups is 1. The van der Waals surface area contributed by atoms with Crippen molar-refractivity contribution >= 4 is 27.5 Å². The Morgan fingerprint density at radius 2 is 1.61 bits per heavy atom. The molecule has 23 heavy (non-hydrogen) atoms. The fraction of sp³-hybridized carbons (Fsp3) is 0.938. The molecule has 5 nitrogen and oxygen atoms in total. The Labute approximate surface area is 148 Å². The monoisotopic (exact) mass is 360 g/mol. The van der Waals surface area contributed by atoms with Gasteiger partial charge in [0.05, 0.1) is 0 Å². The molecule has 1 amide bonds. The van der Waals surface area contributed by atoms with Crippen LogP contribution in [-0.2, 0) is 4.79 Å². The lowest BCUT2D eigenvalue weighted by Crippen LogP contribution is -2.44. The van der Waals surface area contributed by atoms with E-state index in [9.17, 15) is 4.79 Å². The van der Waals surface area contributed by atoms with Crippen molar-refractivity contribution in [3.8, 4) is 0 Å². The van der Waals surface area contributed by atoms with Gasteiger partial charge in [-0.15, -0.1) is 0 Å². The number of nitrogens with zero attached hydrogens (tertiary/aromatic N) is 1. The van der Waals surface area contributed by atoms with E-state index < -0.39 is 0 Å². The highest BCUT2D eigenvalue weighted by Gasteiger charge is 2.17. The summed E-state index contributed by atoms with van der Waals surface area (Å²) in [5, 5.41) is 11.0. The molecule has 2 aliphatic rings. The molecule has 1 atom stereocenters. The fourth-order valence-electron chi connectivity index (χ4n) is 2.89. The van der Waals surface area contributed by atoms with Crippen LogP contribution in [-0.4, -0.2) is 74.2 Å². The molecule has 2 rings (SSSR count). The summed E-state index contributed by atoms with van der Waals surface area (Å²) in [6, 6.07) is 0. The Morgan fingerprint density at radius 1 is 0.957 bits per heavy atom. The minimum Gasteiger partial charge on any atom is -0.340 e. The molecule has 0 aromatic carbocycles. The lowest BCUT2D eigenvalue weighted by Gasteiger charge is -2.24. The predicted molar refractivity (Wildman–Crippen MR) is 102 cm³/mol. The molecule has 0 saturated carbocycles. The van der Waals surface area contributed by atoms with Gasteiger partial charge in [-0.05, 0) is 19.3 Å². The van der Waals surface area contributed by atoms with Crippen molar-refractivity contribution in [1.29, 1.82) is 0 Å². The molecular formula is C16H32N4OS2. The molecule has 7 heteroatoms. The zero-order valence-electron chi connectivity index (χ0n) is 14.1. The highest BCUT2D eigenvalue weighted by molar-refractivity contribution is 8.77. The average Bonchev–Trinajstić information content (AvgIpc) is 3.05. The van der Waals surface area contributed by atoms with Crippen LogP contribution in [0.25, 0.3) is 0 Å². The topological polar surface area (TPSA) is 56.4 Å². The maximum atomic E-state index is 12.5. The van der Waals surface area contributed by atoms with E-state index in [2.05, 4.69) is 16.0 Å². The quantitative estimate of drug-likeness (QED) is 0.508. The summed E-state index contributed by atoms with van der Waals surface area (Å²) in [5.74, 6) is 1.63. The molecule has 1 unspecified atom stereocenters. The van der Waals surface area contributed by atoms with Gasteiger partial charge in [-0.25, -0.2) is 0 Å². The van der Waals surface area contributed by atoms with E-state index in [1.54, 1.807) is 0 Å². The molecule has 2 heterocycles. The molecule has 0 spiro atoms. The van der Waals surface area contributed by atoms with Crippen molar-refractivity contribution in [3.63, 3.8) is 0 Å². The zero-order chi connectivity index (χ0) is 16.2. The van der Waals surface area contributed by atoms with Gasteiger partial charge in [-0.2, -0.15) is 0 Å².